The van der Waals surface area contributed by atoms with Crippen molar-refractivity contribution >= 4 is 17.4 Å². The Bertz CT molecular complexity index is 431. The van der Waals surface area contributed by atoms with Gasteiger partial charge in [0.15, 0.2) is 0 Å². The van der Waals surface area contributed by atoms with Crippen LogP contribution in [0.1, 0.15) is 81.3 Å². The highest BCUT2D eigenvalue weighted by atomic mass is 32.1. The number of thiophene rings is 1. The van der Waals surface area contributed by atoms with Crippen LogP contribution >= 0.6 is 11.3 Å². The monoisotopic (exact) mass is 339 g/mol. The van der Waals surface area contributed by atoms with Crippen molar-refractivity contribution in [3.05, 3.63) is 28.0 Å². The molecule has 0 aliphatic heterocycles. The van der Waals surface area contributed by atoms with Crippen LogP contribution in [0.5, 0.6) is 0 Å². The fourth-order valence-corrected chi connectivity index (χ4v) is 3.47. The lowest BCUT2D eigenvalue weighted by atomic mass is 10.1. The molecule has 1 aromatic heterocycles. The summed E-state index contributed by atoms with van der Waals surface area (Å²) in [6.07, 6.45) is 15.4. The van der Waals surface area contributed by atoms with Crippen LogP contribution in [0, 0.1) is 0 Å². The Kier molecular flexibility index (Phi) is 11.3. The van der Waals surface area contributed by atoms with E-state index in [2.05, 4.69) is 19.1 Å². The van der Waals surface area contributed by atoms with Crippen molar-refractivity contribution in [1.82, 2.24) is 0 Å². The second-order valence-corrected chi connectivity index (χ2v) is 7.18. The van der Waals surface area contributed by atoms with Crippen molar-refractivity contribution in [1.29, 1.82) is 0 Å². The Labute approximate surface area is 145 Å². The highest BCUT2D eigenvalue weighted by molar-refractivity contribution is 7.10. The van der Waals surface area contributed by atoms with Crippen molar-refractivity contribution in [3.8, 4) is 0 Å². The minimum absolute atomic E-state index is 0.206. The molecule has 1 heterocycles. The summed E-state index contributed by atoms with van der Waals surface area (Å²) in [7, 11) is 0. The molecule has 0 aliphatic carbocycles. The van der Waals surface area contributed by atoms with Gasteiger partial charge in [-0.25, -0.2) is 0 Å². The van der Waals surface area contributed by atoms with Gasteiger partial charge in [-0.15, -0.1) is 11.3 Å². The number of allylic oxidation sites excluding steroid dienone is 1. The number of rotatable bonds is 13. The second-order valence-electron chi connectivity index (χ2n) is 6.24. The number of hydrogen-bond acceptors (Lipinski definition) is 4. The molecule has 0 spiro atoms. The molecule has 23 heavy (non-hydrogen) atoms. The van der Waals surface area contributed by atoms with E-state index in [0.717, 1.165) is 16.9 Å². The molecule has 1 rings (SSSR count). The Morgan fingerprint density at radius 1 is 1.13 bits per heavy atom. The molecule has 3 nitrogen and oxygen atoms in total. The Morgan fingerprint density at radius 3 is 2.43 bits per heavy atom. The molecular weight excluding hydrogens is 306 g/mol. The van der Waals surface area contributed by atoms with Crippen LogP contribution in [-0.2, 0) is 0 Å². The van der Waals surface area contributed by atoms with E-state index in [1.807, 2.05) is 11.4 Å². The lowest BCUT2D eigenvalue weighted by Gasteiger charge is -2.14. The van der Waals surface area contributed by atoms with Crippen molar-refractivity contribution in [2.24, 2.45) is 5.73 Å². The first-order valence-corrected chi connectivity index (χ1v) is 9.86. The number of unbranched alkanes of at least 4 members (excludes halogenated alkanes) is 8. The summed E-state index contributed by atoms with van der Waals surface area (Å²) in [6, 6.07) is 1.34. The van der Waals surface area contributed by atoms with Crippen LogP contribution in [0.25, 0.3) is 6.08 Å². The first-order valence-electron chi connectivity index (χ1n) is 8.98. The van der Waals surface area contributed by atoms with Gasteiger partial charge in [-0.2, -0.15) is 0 Å². The fraction of sp³-hybridized carbons (Fsp3) is 0.684. The normalized spacial score (nSPS) is 14.4. The predicted octanol–water partition coefficient (Wildman–Crippen LogP) is 4.65. The summed E-state index contributed by atoms with van der Waals surface area (Å²) in [5.74, 6) is 0. The molecule has 0 aromatic carbocycles. The van der Waals surface area contributed by atoms with Crippen LogP contribution in [0.3, 0.4) is 0 Å². The quantitative estimate of drug-likeness (QED) is 0.458. The standard InChI is InChI=1S/C19H33NO2S/c1-2-3-4-5-6-7-8-9-10-11-12-16-13-18(23-15-16)19(22)17(20)14-21/h11-13,15,17,19,21-22H,2-10,14,20H2,1H3/b12-11+. The van der Waals surface area contributed by atoms with Gasteiger partial charge in [0.1, 0.15) is 6.10 Å². The predicted molar refractivity (Wildman–Crippen MR) is 101 cm³/mol. The van der Waals surface area contributed by atoms with Gasteiger partial charge in [-0.05, 0) is 29.9 Å². The summed E-state index contributed by atoms with van der Waals surface area (Å²) in [5, 5.41) is 21.0. The third-order valence-electron chi connectivity index (χ3n) is 4.08. The lowest BCUT2D eigenvalue weighted by molar-refractivity contribution is 0.112. The molecule has 1 aromatic rings. The van der Waals surface area contributed by atoms with Crippen LogP contribution < -0.4 is 5.73 Å². The van der Waals surface area contributed by atoms with E-state index in [1.165, 1.54) is 62.7 Å². The zero-order chi connectivity index (χ0) is 16.9. The van der Waals surface area contributed by atoms with Crippen molar-refractivity contribution in [2.45, 2.75) is 76.9 Å². The van der Waals surface area contributed by atoms with Crippen molar-refractivity contribution in [3.63, 3.8) is 0 Å². The molecule has 0 fully saturated rings. The summed E-state index contributed by atoms with van der Waals surface area (Å²) >= 11 is 1.49. The largest absolute Gasteiger partial charge is 0.395 e. The van der Waals surface area contributed by atoms with Gasteiger partial charge >= 0.3 is 0 Å². The van der Waals surface area contributed by atoms with Gasteiger partial charge in [0.25, 0.3) is 0 Å². The van der Waals surface area contributed by atoms with Crippen LogP contribution in [0.2, 0.25) is 0 Å². The summed E-state index contributed by atoms with van der Waals surface area (Å²) in [4.78, 5) is 0.818. The zero-order valence-corrected chi connectivity index (χ0v) is 15.2. The summed E-state index contributed by atoms with van der Waals surface area (Å²) < 4.78 is 0. The maximum atomic E-state index is 9.95. The third-order valence-corrected chi connectivity index (χ3v) is 5.10. The first kappa shape index (κ1) is 20.4. The number of aliphatic hydroxyl groups excluding tert-OH is 2. The average molecular weight is 340 g/mol. The second kappa shape index (κ2) is 12.7. The summed E-state index contributed by atoms with van der Waals surface area (Å²) in [6.45, 7) is 2.05. The summed E-state index contributed by atoms with van der Waals surface area (Å²) in [5.41, 5.74) is 6.76. The van der Waals surface area contributed by atoms with Crippen molar-refractivity contribution < 1.29 is 10.2 Å². The van der Waals surface area contributed by atoms with Gasteiger partial charge < -0.3 is 15.9 Å². The molecule has 0 amide bonds. The van der Waals surface area contributed by atoms with E-state index in [1.54, 1.807) is 0 Å². The van der Waals surface area contributed by atoms with E-state index in [9.17, 15) is 5.11 Å². The minimum atomic E-state index is -0.778. The zero-order valence-electron chi connectivity index (χ0n) is 14.4. The van der Waals surface area contributed by atoms with Crippen LogP contribution in [0.15, 0.2) is 17.5 Å². The molecule has 0 aliphatic rings. The molecule has 0 saturated carbocycles. The Balaban J connectivity index is 2.15. The minimum Gasteiger partial charge on any atom is -0.395 e. The van der Waals surface area contributed by atoms with Gasteiger partial charge in [-0.1, -0.05) is 64.0 Å². The maximum Gasteiger partial charge on any atom is 0.105 e. The van der Waals surface area contributed by atoms with E-state index in [0.29, 0.717) is 0 Å². The smallest absolute Gasteiger partial charge is 0.105 e. The van der Waals surface area contributed by atoms with Crippen LogP contribution in [-0.4, -0.2) is 22.9 Å². The molecule has 2 atom stereocenters. The van der Waals surface area contributed by atoms with E-state index < -0.39 is 12.1 Å². The third kappa shape index (κ3) is 8.66. The number of hydrogen-bond donors (Lipinski definition) is 3. The first-order chi connectivity index (χ1) is 11.2. The Morgan fingerprint density at radius 2 is 1.78 bits per heavy atom. The molecule has 2 unspecified atom stereocenters. The molecule has 132 valence electrons. The fourth-order valence-electron chi connectivity index (χ4n) is 2.54. The molecule has 4 N–H and O–H groups in total. The Hall–Kier alpha value is -0.680. The molecule has 0 bridgehead atoms. The number of aliphatic hydroxyl groups is 2. The maximum absolute atomic E-state index is 9.95. The van der Waals surface area contributed by atoms with Gasteiger partial charge in [0, 0.05) is 4.88 Å². The van der Waals surface area contributed by atoms with Gasteiger partial charge in [0.2, 0.25) is 0 Å². The SMILES string of the molecule is CCCCCCCCCC/C=C/c1csc(C(O)C(N)CO)c1. The van der Waals surface area contributed by atoms with Crippen LogP contribution in [0.4, 0.5) is 0 Å². The highest BCUT2D eigenvalue weighted by Gasteiger charge is 2.17. The van der Waals surface area contributed by atoms with E-state index in [-0.39, 0.29) is 6.61 Å². The van der Waals surface area contributed by atoms with E-state index in [4.69, 9.17) is 10.8 Å². The average Bonchev–Trinajstić information content (AvgIpc) is 3.04. The van der Waals surface area contributed by atoms with Gasteiger partial charge in [-0.3, -0.25) is 0 Å². The van der Waals surface area contributed by atoms with E-state index >= 15 is 0 Å². The number of nitrogens with two attached hydrogens (primary N) is 1. The topological polar surface area (TPSA) is 66.5 Å². The van der Waals surface area contributed by atoms with Crippen molar-refractivity contribution in [2.75, 3.05) is 6.61 Å². The molecule has 0 radical (unpaired) electrons. The molecular formula is C19H33NO2S. The van der Waals surface area contributed by atoms with Gasteiger partial charge in [0.05, 0.1) is 12.6 Å². The lowest BCUT2D eigenvalue weighted by Crippen LogP contribution is -2.31. The molecule has 0 saturated heterocycles. The molecule has 4 heteroatoms. The highest BCUT2D eigenvalue weighted by Crippen LogP contribution is 2.25.